The van der Waals surface area contributed by atoms with Crippen LogP contribution in [0.2, 0.25) is 0 Å². The van der Waals surface area contributed by atoms with Crippen LogP contribution in [-0.2, 0) is 32.7 Å². The van der Waals surface area contributed by atoms with E-state index >= 15 is 0 Å². The predicted octanol–water partition coefficient (Wildman–Crippen LogP) is 2.17. The van der Waals surface area contributed by atoms with E-state index in [1.54, 1.807) is 7.05 Å². The van der Waals surface area contributed by atoms with Gasteiger partial charge in [0, 0.05) is 19.4 Å². The van der Waals surface area contributed by atoms with E-state index in [1.165, 1.54) is 0 Å². The zero-order valence-corrected chi connectivity index (χ0v) is 16.8. The molecule has 0 aromatic carbocycles. The molecular weight excluding hydrogens is 365 g/mol. The molecule has 0 amide bonds. The number of hydrogen-bond donors (Lipinski definition) is 2. The van der Waals surface area contributed by atoms with Gasteiger partial charge in [-0.1, -0.05) is 26.7 Å². The minimum atomic E-state index is -4.28. The smallest absolute Gasteiger partial charge is 0.462 e. The molecule has 0 fully saturated rings. The van der Waals surface area contributed by atoms with Crippen LogP contribution in [-0.4, -0.2) is 56.3 Å². The van der Waals surface area contributed by atoms with Gasteiger partial charge >= 0.3 is 19.8 Å². The normalized spacial score (nSPS) is 14.5. The molecule has 0 spiro atoms. The fourth-order valence-electron chi connectivity index (χ4n) is 1.74. The van der Waals surface area contributed by atoms with Crippen molar-refractivity contribution in [3.8, 4) is 0 Å². The zero-order valence-electron chi connectivity index (χ0n) is 15.9. The molecule has 0 aliphatic rings. The number of likely N-dealkylation sites (N-methyl/N-ethyl adjacent to an activating group) is 1. The highest BCUT2D eigenvalue weighted by Crippen LogP contribution is 2.43. The molecule has 0 aromatic rings. The second-order valence-electron chi connectivity index (χ2n) is 5.70. The average molecular weight is 397 g/mol. The third kappa shape index (κ3) is 14.2. The van der Waals surface area contributed by atoms with Gasteiger partial charge in [0.05, 0.1) is 13.2 Å². The number of phosphoric ester groups is 1. The van der Waals surface area contributed by atoms with E-state index in [0.29, 0.717) is 19.4 Å². The fourth-order valence-corrected chi connectivity index (χ4v) is 2.49. The van der Waals surface area contributed by atoms with Gasteiger partial charge in [-0.05, 0) is 19.9 Å². The summed E-state index contributed by atoms with van der Waals surface area (Å²) >= 11 is 0. The number of ether oxygens (including phenoxy) is 2. The Balaban J connectivity index is 4.53. The van der Waals surface area contributed by atoms with Crippen LogP contribution in [0.5, 0.6) is 0 Å². The first-order valence-electron chi connectivity index (χ1n) is 8.96. The van der Waals surface area contributed by atoms with Gasteiger partial charge in [0.2, 0.25) is 0 Å². The molecule has 0 bridgehead atoms. The maximum atomic E-state index is 11.8. The first-order valence-corrected chi connectivity index (χ1v) is 10.5. The van der Waals surface area contributed by atoms with Gasteiger partial charge in [-0.15, -0.1) is 0 Å². The molecule has 0 radical (unpaired) electrons. The summed E-state index contributed by atoms with van der Waals surface area (Å²) in [6.45, 7) is 3.60. The monoisotopic (exact) mass is 397 g/mol. The van der Waals surface area contributed by atoms with E-state index in [4.69, 9.17) is 18.5 Å². The molecular formula is C16H32NO8P. The Hall–Kier alpha value is -0.990. The van der Waals surface area contributed by atoms with Crippen LogP contribution in [0.3, 0.4) is 0 Å². The van der Waals surface area contributed by atoms with Crippen LogP contribution in [0.25, 0.3) is 0 Å². The minimum Gasteiger partial charge on any atom is -0.462 e. The topological polar surface area (TPSA) is 120 Å². The molecule has 0 aliphatic carbocycles. The molecule has 0 aliphatic heterocycles. The van der Waals surface area contributed by atoms with Gasteiger partial charge in [-0.2, -0.15) is 0 Å². The second kappa shape index (κ2) is 15.1. The standard InChI is InChI=1S/C16H32NO8P/c1-4-6-8-15(18)22-12-14(25-16(19)9-7-5-2)13-24-26(20,21)23-11-10-17-3/h14,17H,4-13H2,1-3H3,(H,20,21). The van der Waals surface area contributed by atoms with E-state index in [-0.39, 0.29) is 26.1 Å². The molecule has 0 saturated carbocycles. The maximum absolute atomic E-state index is 11.8. The number of rotatable bonds is 16. The second-order valence-corrected chi connectivity index (χ2v) is 7.16. The molecule has 0 aromatic heterocycles. The van der Waals surface area contributed by atoms with Crippen molar-refractivity contribution in [2.45, 2.75) is 58.5 Å². The molecule has 26 heavy (non-hydrogen) atoms. The summed E-state index contributed by atoms with van der Waals surface area (Å²) in [6, 6.07) is 0. The first kappa shape index (κ1) is 25.0. The minimum absolute atomic E-state index is 0.0166. The van der Waals surface area contributed by atoms with Gasteiger partial charge in [-0.25, -0.2) is 4.57 Å². The fraction of sp³-hybridized carbons (Fsp3) is 0.875. The average Bonchev–Trinajstić information content (AvgIpc) is 2.60. The van der Waals surface area contributed by atoms with Crippen LogP contribution in [0, 0.1) is 0 Å². The van der Waals surface area contributed by atoms with E-state index in [9.17, 15) is 19.0 Å². The summed E-state index contributed by atoms with van der Waals surface area (Å²) in [7, 11) is -2.61. The Morgan fingerprint density at radius 1 is 1.04 bits per heavy atom. The lowest BCUT2D eigenvalue weighted by Gasteiger charge is -2.19. The summed E-state index contributed by atoms with van der Waals surface area (Å²) in [6.07, 6.45) is 2.54. The van der Waals surface area contributed by atoms with Crippen molar-refractivity contribution in [3.05, 3.63) is 0 Å². The van der Waals surface area contributed by atoms with Crippen LogP contribution < -0.4 is 5.32 Å². The SMILES string of the molecule is CCCCC(=O)OCC(COP(=O)(O)OCCNC)OC(=O)CCCC. The lowest BCUT2D eigenvalue weighted by Crippen LogP contribution is -2.29. The Labute approximate surface area is 155 Å². The molecule has 0 rings (SSSR count). The van der Waals surface area contributed by atoms with E-state index in [1.807, 2.05) is 13.8 Å². The molecule has 154 valence electrons. The van der Waals surface area contributed by atoms with Crippen LogP contribution in [0.1, 0.15) is 52.4 Å². The van der Waals surface area contributed by atoms with Crippen LogP contribution in [0.4, 0.5) is 0 Å². The molecule has 2 N–H and O–H groups in total. The number of nitrogens with one attached hydrogen (secondary N) is 1. The highest BCUT2D eigenvalue weighted by molar-refractivity contribution is 7.47. The molecule has 9 nitrogen and oxygen atoms in total. The zero-order chi connectivity index (χ0) is 19.8. The van der Waals surface area contributed by atoms with E-state index < -0.39 is 32.5 Å². The summed E-state index contributed by atoms with van der Waals surface area (Å²) in [5.41, 5.74) is 0. The third-order valence-corrected chi connectivity index (χ3v) is 4.21. The van der Waals surface area contributed by atoms with Crippen molar-refractivity contribution in [3.63, 3.8) is 0 Å². The molecule has 0 heterocycles. The third-order valence-electron chi connectivity index (χ3n) is 3.23. The lowest BCUT2D eigenvalue weighted by molar-refractivity contribution is -0.161. The van der Waals surface area contributed by atoms with E-state index in [2.05, 4.69) is 5.32 Å². The van der Waals surface area contributed by atoms with Crippen molar-refractivity contribution < 1.29 is 37.6 Å². The van der Waals surface area contributed by atoms with Gasteiger partial charge < -0.3 is 19.7 Å². The number of carbonyl (C=O) groups is 2. The summed E-state index contributed by atoms with van der Waals surface area (Å²) < 4.78 is 31.6. The summed E-state index contributed by atoms with van der Waals surface area (Å²) in [5.74, 6) is -0.896. The van der Waals surface area contributed by atoms with Crippen LogP contribution in [0.15, 0.2) is 0 Å². The molecule has 2 atom stereocenters. The number of carbonyl (C=O) groups excluding carboxylic acids is 2. The van der Waals surface area contributed by atoms with Crippen molar-refractivity contribution in [1.29, 1.82) is 0 Å². The highest BCUT2D eigenvalue weighted by Gasteiger charge is 2.25. The molecule has 10 heteroatoms. The number of esters is 2. The number of unbranched alkanes of at least 4 members (excludes halogenated alkanes) is 2. The number of phosphoric acid groups is 1. The van der Waals surface area contributed by atoms with Gasteiger partial charge in [-0.3, -0.25) is 18.6 Å². The Bertz CT molecular complexity index is 446. The lowest BCUT2D eigenvalue weighted by atomic mass is 10.2. The largest absolute Gasteiger partial charge is 0.472 e. The molecule has 2 unspecified atom stereocenters. The quantitative estimate of drug-likeness (QED) is 0.229. The predicted molar refractivity (Wildman–Crippen MR) is 95.5 cm³/mol. The van der Waals surface area contributed by atoms with Gasteiger partial charge in [0.25, 0.3) is 0 Å². The van der Waals surface area contributed by atoms with Gasteiger partial charge in [0.1, 0.15) is 6.61 Å². The Morgan fingerprint density at radius 2 is 1.65 bits per heavy atom. The van der Waals surface area contributed by atoms with Crippen molar-refractivity contribution in [2.24, 2.45) is 0 Å². The Morgan fingerprint density at radius 3 is 2.23 bits per heavy atom. The number of hydrogen-bond acceptors (Lipinski definition) is 8. The maximum Gasteiger partial charge on any atom is 0.472 e. The van der Waals surface area contributed by atoms with Crippen molar-refractivity contribution >= 4 is 19.8 Å². The summed E-state index contributed by atoms with van der Waals surface area (Å²) in [5, 5.41) is 2.76. The van der Waals surface area contributed by atoms with Gasteiger partial charge in [0.15, 0.2) is 6.10 Å². The first-order chi connectivity index (χ1) is 12.3. The summed E-state index contributed by atoms with van der Waals surface area (Å²) in [4.78, 5) is 33.0. The Kier molecular flexibility index (Phi) is 14.5. The highest BCUT2D eigenvalue weighted by atomic mass is 31.2. The van der Waals surface area contributed by atoms with Crippen molar-refractivity contribution in [1.82, 2.24) is 5.32 Å². The van der Waals surface area contributed by atoms with Crippen molar-refractivity contribution in [2.75, 3.05) is 33.4 Å². The van der Waals surface area contributed by atoms with Crippen LogP contribution >= 0.6 is 7.82 Å². The molecule has 0 saturated heterocycles. The van der Waals surface area contributed by atoms with E-state index in [0.717, 1.165) is 12.8 Å².